The topological polar surface area (TPSA) is 106 Å². The maximum absolute atomic E-state index is 12.8. The number of fused-ring (bicyclic) bond motifs is 1. The van der Waals surface area contributed by atoms with Crippen LogP contribution in [0.1, 0.15) is 18.1 Å². The van der Waals surface area contributed by atoms with Gasteiger partial charge in [0.2, 0.25) is 5.91 Å². The number of benzene rings is 2. The van der Waals surface area contributed by atoms with Crippen molar-refractivity contribution in [2.75, 3.05) is 26.2 Å². The van der Waals surface area contributed by atoms with Crippen molar-refractivity contribution in [1.29, 1.82) is 0 Å². The zero-order valence-corrected chi connectivity index (χ0v) is 17.8. The van der Waals surface area contributed by atoms with Gasteiger partial charge in [0, 0.05) is 32.2 Å². The molecule has 4 aromatic rings. The second-order valence-electron chi connectivity index (χ2n) is 8.15. The molecule has 1 aliphatic heterocycles. The molecule has 2 aromatic carbocycles. The van der Waals surface area contributed by atoms with Gasteiger partial charge < -0.3 is 4.90 Å². The Hall–Kier alpha value is -3.66. The van der Waals surface area contributed by atoms with E-state index in [9.17, 15) is 4.79 Å². The number of carbonyl (C=O) groups excluding carboxylic acids is 1. The molecule has 10 nitrogen and oxygen atoms in total. The molecule has 32 heavy (non-hydrogen) atoms. The highest BCUT2D eigenvalue weighted by atomic mass is 16.6. The summed E-state index contributed by atoms with van der Waals surface area (Å²) in [4.78, 5) is 17.2. The van der Waals surface area contributed by atoms with Crippen LogP contribution in [-0.2, 0) is 17.6 Å². The predicted octanol–water partition coefficient (Wildman–Crippen LogP) is 1.52. The number of carbonyl (C=O) groups is 1. The fourth-order valence-electron chi connectivity index (χ4n) is 4.17. The molecule has 1 saturated heterocycles. The fraction of sp³-hybridized carbons (Fsp3) is 0.364. The largest absolute Gasteiger partial charge is 0.340 e. The van der Waals surface area contributed by atoms with Gasteiger partial charge in [-0.05, 0) is 69.5 Å². The Labute approximate surface area is 184 Å². The molecule has 1 atom stereocenters. The summed E-state index contributed by atoms with van der Waals surface area (Å²) in [7, 11) is 0. The second-order valence-corrected chi connectivity index (χ2v) is 8.15. The molecular weight excluding hydrogens is 408 g/mol. The molecule has 0 aliphatic carbocycles. The van der Waals surface area contributed by atoms with E-state index in [0.29, 0.717) is 12.5 Å². The van der Waals surface area contributed by atoms with Crippen LogP contribution in [0.15, 0.2) is 53.4 Å². The van der Waals surface area contributed by atoms with Crippen molar-refractivity contribution in [2.24, 2.45) is 0 Å². The molecule has 1 unspecified atom stereocenters. The SMILES string of the molecule is CC(Cc1ccc2nonc2c1)N1CCN(C(=O)Cc2ccc(-n3cnnn3)cc2)CC1. The fourth-order valence-corrected chi connectivity index (χ4v) is 4.17. The van der Waals surface area contributed by atoms with Crippen molar-refractivity contribution in [2.45, 2.75) is 25.8 Å². The Morgan fingerprint density at radius 2 is 1.75 bits per heavy atom. The van der Waals surface area contributed by atoms with Crippen molar-refractivity contribution >= 4 is 16.9 Å². The Kier molecular flexibility index (Phi) is 5.59. The Balaban J connectivity index is 1.12. The van der Waals surface area contributed by atoms with E-state index in [1.807, 2.05) is 41.3 Å². The highest BCUT2D eigenvalue weighted by Gasteiger charge is 2.24. The number of hydrogen-bond acceptors (Lipinski definition) is 8. The monoisotopic (exact) mass is 432 g/mol. The van der Waals surface area contributed by atoms with Crippen molar-refractivity contribution in [3.8, 4) is 5.69 Å². The van der Waals surface area contributed by atoms with Gasteiger partial charge in [-0.25, -0.2) is 9.31 Å². The molecular formula is C22H24N8O2. The van der Waals surface area contributed by atoms with Crippen LogP contribution >= 0.6 is 0 Å². The number of hydrogen-bond donors (Lipinski definition) is 0. The van der Waals surface area contributed by atoms with Crippen LogP contribution in [0.3, 0.4) is 0 Å². The Morgan fingerprint density at radius 1 is 1.00 bits per heavy atom. The lowest BCUT2D eigenvalue weighted by Crippen LogP contribution is -2.52. The molecule has 164 valence electrons. The van der Waals surface area contributed by atoms with E-state index in [4.69, 9.17) is 4.63 Å². The maximum atomic E-state index is 12.8. The molecule has 0 radical (unpaired) electrons. The van der Waals surface area contributed by atoms with Gasteiger partial charge in [0.15, 0.2) is 0 Å². The number of rotatable bonds is 6. The van der Waals surface area contributed by atoms with Crippen LogP contribution in [0.2, 0.25) is 0 Å². The number of tetrazole rings is 1. The zero-order chi connectivity index (χ0) is 21.9. The Morgan fingerprint density at radius 3 is 2.50 bits per heavy atom. The highest BCUT2D eigenvalue weighted by Crippen LogP contribution is 2.17. The van der Waals surface area contributed by atoms with Gasteiger partial charge in [-0.3, -0.25) is 9.69 Å². The van der Waals surface area contributed by atoms with E-state index >= 15 is 0 Å². The molecule has 1 fully saturated rings. The van der Waals surface area contributed by atoms with E-state index in [-0.39, 0.29) is 5.91 Å². The minimum Gasteiger partial charge on any atom is -0.340 e. The summed E-state index contributed by atoms with van der Waals surface area (Å²) >= 11 is 0. The molecule has 1 aliphatic rings. The highest BCUT2D eigenvalue weighted by molar-refractivity contribution is 5.79. The minimum absolute atomic E-state index is 0.163. The predicted molar refractivity (Wildman–Crippen MR) is 116 cm³/mol. The Bertz CT molecular complexity index is 1180. The molecule has 0 saturated carbocycles. The lowest BCUT2D eigenvalue weighted by atomic mass is 10.0. The second kappa shape index (κ2) is 8.83. The van der Waals surface area contributed by atoms with E-state index in [0.717, 1.165) is 54.9 Å². The quantitative estimate of drug-likeness (QED) is 0.451. The van der Waals surface area contributed by atoms with Gasteiger partial charge in [-0.1, -0.05) is 18.2 Å². The maximum Gasteiger partial charge on any atom is 0.227 e. The van der Waals surface area contributed by atoms with Crippen LogP contribution in [-0.4, -0.2) is 78.4 Å². The van der Waals surface area contributed by atoms with Crippen LogP contribution in [0.25, 0.3) is 16.7 Å². The minimum atomic E-state index is 0.163. The van der Waals surface area contributed by atoms with Crippen LogP contribution in [0.4, 0.5) is 0 Å². The standard InChI is InChI=1S/C22H24N8O2/c1-16(12-18-4-7-20-21(13-18)25-32-24-20)28-8-10-29(11-9-28)22(31)14-17-2-5-19(6-3-17)30-15-23-26-27-30/h2-7,13,15-16H,8-12,14H2,1H3. The first-order chi connectivity index (χ1) is 15.7. The number of aromatic nitrogens is 6. The van der Waals surface area contributed by atoms with E-state index < -0.39 is 0 Å². The molecule has 5 rings (SSSR count). The third-order valence-electron chi connectivity index (χ3n) is 6.04. The summed E-state index contributed by atoms with van der Waals surface area (Å²) in [6, 6.07) is 14.2. The number of amides is 1. The van der Waals surface area contributed by atoms with E-state index in [1.165, 1.54) is 5.56 Å². The molecule has 0 bridgehead atoms. The first-order valence-corrected chi connectivity index (χ1v) is 10.7. The summed E-state index contributed by atoms with van der Waals surface area (Å²) in [5.41, 5.74) is 4.63. The first-order valence-electron chi connectivity index (χ1n) is 10.7. The van der Waals surface area contributed by atoms with Gasteiger partial charge in [0.1, 0.15) is 17.4 Å². The average molecular weight is 432 g/mol. The van der Waals surface area contributed by atoms with E-state index in [1.54, 1.807) is 11.0 Å². The summed E-state index contributed by atoms with van der Waals surface area (Å²) in [5, 5.41) is 18.9. The van der Waals surface area contributed by atoms with Crippen LogP contribution < -0.4 is 0 Å². The molecule has 0 N–H and O–H groups in total. The molecule has 0 spiro atoms. The number of piperazine rings is 1. The van der Waals surface area contributed by atoms with Crippen LogP contribution in [0, 0.1) is 0 Å². The van der Waals surface area contributed by atoms with Crippen LogP contribution in [0.5, 0.6) is 0 Å². The van der Waals surface area contributed by atoms with Crippen molar-refractivity contribution < 1.29 is 9.42 Å². The van der Waals surface area contributed by atoms with Gasteiger partial charge in [-0.15, -0.1) is 5.10 Å². The normalized spacial score (nSPS) is 15.8. The van der Waals surface area contributed by atoms with Crippen molar-refractivity contribution in [1.82, 2.24) is 40.3 Å². The zero-order valence-electron chi connectivity index (χ0n) is 17.8. The number of nitrogens with zero attached hydrogens (tertiary/aromatic N) is 8. The summed E-state index contributed by atoms with van der Waals surface area (Å²) < 4.78 is 6.37. The van der Waals surface area contributed by atoms with Gasteiger partial charge in [0.05, 0.1) is 12.1 Å². The molecule has 10 heteroatoms. The van der Waals surface area contributed by atoms with E-state index in [2.05, 4.69) is 43.7 Å². The summed E-state index contributed by atoms with van der Waals surface area (Å²) in [5.74, 6) is 0.163. The van der Waals surface area contributed by atoms with Crippen molar-refractivity contribution in [3.05, 3.63) is 59.9 Å². The third-order valence-corrected chi connectivity index (χ3v) is 6.04. The third kappa shape index (κ3) is 4.35. The summed E-state index contributed by atoms with van der Waals surface area (Å²) in [6.45, 7) is 5.48. The summed E-state index contributed by atoms with van der Waals surface area (Å²) in [6.07, 6.45) is 2.87. The molecule has 2 aromatic heterocycles. The average Bonchev–Trinajstić information content (AvgIpc) is 3.52. The molecule has 1 amide bonds. The van der Waals surface area contributed by atoms with Crippen molar-refractivity contribution in [3.63, 3.8) is 0 Å². The van der Waals surface area contributed by atoms with Gasteiger partial charge in [0.25, 0.3) is 0 Å². The first kappa shape index (κ1) is 20.3. The smallest absolute Gasteiger partial charge is 0.227 e. The van der Waals surface area contributed by atoms with Gasteiger partial charge in [-0.2, -0.15) is 0 Å². The lowest BCUT2D eigenvalue weighted by Gasteiger charge is -2.38. The lowest BCUT2D eigenvalue weighted by molar-refractivity contribution is -0.132. The van der Waals surface area contributed by atoms with Gasteiger partial charge >= 0.3 is 0 Å². The molecule has 3 heterocycles.